The normalized spacial score (nSPS) is 19.4. The molecule has 1 N–H and O–H groups in total. The van der Waals surface area contributed by atoms with E-state index in [2.05, 4.69) is 21.3 Å². The van der Waals surface area contributed by atoms with Crippen molar-refractivity contribution in [1.82, 2.24) is 20.0 Å². The van der Waals surface area contributed by atoms with Crippen LogP contribution in [0, 0.1) is 0 Å². The van der Waals surface area contributed by atoms with Crippen LogP contribution in [-0.2, 0) is 4.74 Å². The standard InChI is InChI=1S/C9H17NO2.C8H13N3/c1-2-12-9(11)10-7-5-3-4-6-8-10;1-4-10-11(7-1)8-2-5-9-6-3-8/h2-8H2,1H3;1,4,7-9H,2-3,5-6H2. The van der Waals surface area contributed by atoms with Crippen molar-refractivity contribution in [2.75, 3.05) is 32.8 Å². The second-order valence-electron chi connectivity index (χ2n) is 6.07. The first-order chi connectivity index (χ1) is 11.3. The summed E-state index contributed by atoms with van der Waals surface area (Å²) in [6, 6.07) is 2.62. The lowest BCUT2D eigenvalue weighted by Crippen LogP contribution is -2.32. The minimum Gasteiger partial charge on any atom is -0.450 e. The summed E-state index contributed by atoms with van der Waals surface area (Å²) in [5.41, 5.74) is 0. The van der Waals surface area contributed by atoms with E-state index in [1.165, 1.54) is 25.7 Å². The number of aromatic nitrogens is 2. The fraction of sp³-hybridized carbons (Fsp3) is 0.765. The Hall–Kier alpha value is -1.56. The summed E-state index contributed by atoms with van der Waals surface area (Å²) in [6.45, 7) is 6.33. The Morgan fingerprint density at radius 2 is 1.91 bits per heavy atom. The summed E-state index contributed by atoms with van der Waals surface area (Å²) in [4.78, 5) is 13.1. The van der Waals surface area contributed by atoms with E-state index >= 15 is 0 Å². The van der Waals surface area contributed by atoms with Gasteiger partial charge in [-0.25, -0.2) is 4.79 Å². The Morgan fingerprint density at radius 1 is 1.22 bits per heavy atom. The molecular weight excluding hydrogens is 292 g/mol. The molecule has 130 valence electrons. The molecule has 0 unspecified atom stereocenters. The molecule has 0 aliphatic carbocycles. The van der Waals surface area contributed by atoms with Crippen molar-refractivity contribution in [3.63, 3.8) is 0 Å². The van der Waals surface area contributed by atoms with Crippen LogP contribution in [0.3, 0.4) is 0 Å². The maximum Gasteiger partial charge on any atom is 0.409 e. The van der Waals surface area contributed by atoms with Crippen molar-refractivity contribution in [3.05, 3.63) is 18.5 Å². The zero-order valence-corrected chi connectivity index (χ0v) is 14.2. The van der Waals surface area contributed by atoms with E-state index in [1.54, 1.807) is 0 Å². The number of nitrogens with zero attached hydrogens (tertiary/aromatic N) is 3. The molecule has 0 atom stereocenters. The van der Waals surface area contributed by atoms with Crippen LogP contribution in [0.25, 0.3) is 0 Å². The Labute approximate surface area is 139 Å². The third kappa shape index (κ3) is 6.22. The minimum atomic E-state index is -0.139. The van der Waals surface area contributed by atoms with Crippen LogP contribution in [0.15, 0.2) is 18.5 Å². The van der Waals surface area contributed by atoms with Crippen molar-refractivity contribution in [2.45, 2.75) is 51.5 Å². The van der Waals surface area contributed by atoms with Gasteiger partial charge in [0.1, 0.15) is 0 Å². The van der Waals surface area contributed by atoms with Crippen LogP contribution in [-0.4, -0.2) is 53.6 Å². The van der Waals surface area contributed by atoms with E-state index in [4.69, 9.17) is 4.74 Å². The summed E-state index contributed by atoms with van der Waals surface area (Å²) >= 11 is 0. The molecule has 1 aromatic rings. The fourth-order valence-corrected chi connectivity index (χ4v) is 3.04. The molecule has 2 saturated heterocycles. The molecule has 0 saturated carbocycles. The Kier molecular flexibility index (Phi) is 7.93. The largest absolute Gasteiger partial charge is 0.450 e. The lowest BCUT2D eigenvalue weighted by molar-refractivity contribution is 0.108. The number of carbonyl (C=O) groups excluding carboxylic acids is 1. The third-order valence-corrected chi connectivity index (χ3v) is 4.34. The molecule has 0 radical (unpaired) electrons. The lowest BCUT2D eigenvalue weighted by atomic mass is 10.1. The molecule has 2 aliphatic rings. The van der Waals surface area contributed by atoms with Crippen molar-refractivity contribution < 1.29 is 9.53 Å². The second kappa shape index (κ2) is 10.3. The summed E-state index contributed by atoms with van der Waals surface area (Å²) < 4.78 is 6.99. The van der Waals surface area contributed by atoms with Crippen LogP contribution in [0.2, 0.25) is 0 Å². The highest BCUT2D eigenvalue weighted by Crippen LogP contribution is 2.16. The quantitative estimate of drug-likeness (QED) is 0.909. The number of hydrogen-bond acceptors (Lipinski definition) is 4. The highest BCUT2D eigenvalue weighted by molar-refractivity contribution is 5.67. The molecule has 3 rings (SSSR count). The van der Waals surface area contributed by atoms with Gasteiger partial charge in [-0.1, -0.05) is 12.8 Å². The number of hydrogen-bond donors (Lipinski definition) is 1. The number of carbonyl (C=O) groups is 1. The zero-order valence-electron chi connectivity index (χ0n) is 14.2. The number of piperidine rings is 1. The van der Waals surface area contributed by atoms with Gasteiger partial charge in [0.2, 0.25) is 0 Å². The van der Waals surface area contributed by atoms with Gasteiger partial charge in [0.25, 0.3) is 0 Å². The van der Waals surface area contributed by atoms with Crippen LogP contribution in [0.4, 0.5) is 4.79 Å². The first-order valence-electron chi connectivity index (χ1n) is 8.92. The molecule has 2 aliphatic heterocycles. The molecule has 1 aromatic heterocycles. The molecule has 0 spiro atoms. The van der Waals surface area contributed by atoms with Crippen LogP contribution >= 0.6 is 0 Å². The number of rotatable bonds is 2. The number of amides is 1. The first-order valence-corrected chi connectivity index (χ1v) is 8.92. The van der Waals surface area contributed by atoms with Gasteiger partial charge in [0, 0.05) is 25.5 Å². The van der Waals surface area contributed by atoms with Crippen molar-refractivity contribution >= 4 is 6.09 Å². The molecular formula is C17H30N4O2. The smallest absolute Gasteiger partial charge is 0.409 e. The SMILES string of the molecule is CCOC(=O)N1CCCCCC1.c1cnn(C2CCNCC2)c1. The molecule has 0 bridgehead atoms. The highest BCUT2D eigenvalue weighted by Gasteiger charge is 2.15. The highest BCUT2D eigenvalue weighted by atomic mass is 16.6. The van der Waals surface area contributed by atoms with Gasteiger partial charge in [-0.05, 0) is 51.8 Å². The minimum absolute atomic E-state index is 0.139. The molecule has 6 nitrogen and oxygen atoms in total. The predicted molar refractivity (Wildman–Crippen MR) is 90.4 cm³/mol. The van der Waals surface area contributed by atoms with E-state index in [0.717, 1.165) is 39.0 Å². The first kappa shape index (κ1) is 17.8. The zero-order chi connectivity index (χ0) is 16.3. The van der Waals surface area contributed by atoms with Crippen molar-refractivity contribution in [2.24, 2.45) is 0 Å². The molecule has 3 heterocycles. The molecule has 0 aromatic carbocycles. The van der Waals surface area contributed by atoms with E-state index < -0.39 is 0 Å². The molecule has 1 amide bonds. The van der Waals surface area contributed by atoms with E-state index in [9.17, 15) is 4.79 Å². The Bertz CT molecular complexity index is 422. The molecule has 6 heteroatoms. The number of ether oxygens (including phenoxy) is 1. The summed E-state index contributed by atoms with van der Waals surface area (Å²) in [5.74, 6) is 0. The van der Waals surface area contributed by atoms with Gasteiger partial charge in [-0.15, -0.1) is 0 Å². The maximum atomic E-state index is 11.3. The summed E-state index contributed by atoms with van der Waals surface area (Å²) in [7, 11) is 0. The van der Waals surface area contributed by atoms with Gasteiger partial charge >= 0.3 is 6.09 Å². The summed E-state index contributed by atoms with van der Waals surface area (Å²) in [6.07, 6.45) is 10.9. The average molecular weight is 322 g/mol. The van der Waals surface area contributed by atoms with Gasteiger partial charge in [0.15, 0.2) is 0 Å². The Morgan fingerprint density at radius 3 is 2.48 bits per heavy atom. The van der Waals surface area contributed by atoms with E-state index in [0.29, 0.717) is 12.6 Å². The van der Waals surface area contributed by atoms with Gasteiger partial charge in [-0.3, -0.25) is 4.68 Å². The summed E-state index contributed by atoms with van der Waals surface area (Å²) in [5, 5.41) is 7.56. The maximum absolute atomic E-state index is 11.3. The lowest BCUT2D eigenvalue weighted by Gasteiger charge is -2.22. The van der Waals surface area contributed by atoms with E-state index in [1.807, 2.05) is 24.1 Å². The number of likely N-dealkylation sites (tertiary alicyclic amines) is 1. The Balaban J connectivity index is 0.000000167. The number of nitrogens with one attached hydrogen (secondary N) is 1. The average Bonchev–Trinajstić information content (AvgIpc) is 2.99. The molecule has 23 heavy (non-hydrogen) atoms. The monoisotopic (exact) mass is 322 g/mol. The van der Waals surface area contributed by atoms with Crippen LogP contribution < -0.4 is 5.32 Å². The third-order valence-electron chi connectivity index (χ3n) is 4.34. The van der Waals surface area contributed by atoms with Crippen molar-refractivity contribution in [1.29, 1.82) is 0 Å². The molecule has 2 fully saturated rings. The van der Waals surface area contributed by atoms with Gasteiger partial charge in [-0.2, -0.15) is 5.10 Å². The second-order valence-corrected chi connectivity index (χ2v) is 6.07. The fourth-order valence-electron chi connectivity index (χ4n) is 3.04. The van der Waals surface area contributed by atoms with Gasteiger partial charge < -0.3 is 15.0 Å². The topological polar surface area (TPSA) is 59.4 Å². The van der Waals surface area contributed by atoms with Crippen LogP contribution in [0.5, 0.6) is 0 Å². The predicted octanol–water partition coefficient (Wildman–Crippen LogP) is 2.83. The van der Waals surface area contributed by atoms with Crippen LogP contribution in [0.1, 0.15) is 51.5 Å². The van der Waals surface area contributed by atoms with Crippen molar-refractivity contribution in [3.8, 4) is 0 Å². The van der Waals surface area contributed by atoms with E-state index in [-0.39, 0.29) is 6.09 Å². The van der Waals surface area contributed by atoms with Gasteiger partial charge in [0.05, 0.1) is 12.6 Å².